The molecule has 0 rings (SSSR count). The molecule has 0 aromatic heterocycles. The number of hydrogen-bond acceptors (Lipinski definition) is 6. The maximum atomic E-state index is 12.8. The zero-order valence-electron chi connectivity index (χ0n) is 44.0. The predicted molar refractivity (Wildman–Crippen MR) is 284 cm³/mol. The molecule has 1 atom stereocenters. The van der Waals surface area contributed by atoms with E-state index in [0.717, 1.165) is 64.2 Å². The van der Waals surface area contributed by atoms with Gasteiger partial charge in [-0.3, -0.25) is 14.4 Å². The second-order valence-corrected chi connectivity index (χ2v) is 19.2. The molecule has 0 aliphatic heterocycles. The van der Waals surface area contributed by atoms with Crippen LogP contribution in [0.25, 0.3) is 0 Å². The van der Waals surface area contributed by atoms with E-state index in [9.17, 15) is 14.4 Å². The van der Waals surface area contributed by atoms with E-state index in [1.165, 1.54) is 186 Å². The molecule has 0 amide bonds. The molecule has 0 saturated heterocycles. The molecule has 0 aromatic rings. The van der Waals surface area contributed by atoms with Gasteiger partial charge in [-0.25, -0.2) is 0 Å². The molecule has 0 heterocycles. The minimum atomic E-state index is -0.791. The maximum absolute atomic E-state index is 12.8. The molecule has 0 radical (unpaired) electrons. The summed E-state index contributed by atoms with van der Waals surface area (Å²) in [6.07, 6.45) is 66.7. The van der Waals surface area contributed by atoms with Crippen molar-refractivity contribution in [1.82, 2.24) is 0 Å². The molecular formula is C60H108O6. The Morgan fingerprint density at radius 1 is 0.303 bits per heavy atom. The monoisotopic (exact) mass is 925 g/mol. The lowest BCUT2D eigenvalue weighted by molar-refractivity contribution is -0.167. The number of carbonyl (C=O) groups is 3. The minimum Gasteiger partial charge on any atom is -0.462 e. The Labute approximate surface area is 409 Å². The Kier molecular flexibility index (Phi) is 52.8. The van der Waals surface area contributed by atoms with E-state index in [1.54, 1.807) is 0 Å². The number of ether oxygens (including phenoxy) is 3. The summed E-state index contributed by atoms with van der Waals surface area (Å²) < 4.78 is 16.8. The number of allylic oxidation sites excluding steroid dienone is 8. The van der Waals surface area contributed by atoms with Crippen LogP contribution in [-0.2, 0) is 28.6 Å². The van der Waals surface area contributed by atoms with Crippen molar-refractivity contribution in [2.24, 2.45) is 0 Å². The van der Waals surface area contributed by atoms with Crippen LogP contribution in [0.15, 0.2) is 48.6 Å². The highest BCUT2D eigenvalue weighted by Gasteiger charge is 2.19. The van der Waals surface area contributed by atoms with Gasteiger partial charge in [0, 0.05) is 19.3 Å². The van der Waals surface area contributed by atoms with Gasteiger partial charge in [0.2, 0.25) is 0 Å². The number of unbranched alkanes of at least 4 members (excludes halogenated alkanes) is 33. The minimum absolute atomic E-state index is 0.0856. The van der Waals surface area contributed by atoms with E-state index in [-0.39, 0.29) is 37.5 Å². The predicted octanol–water partition coefficient (Wildman–Crippen LogP) is 19.0. The van der Waals surface area contributed by atoms with Crippen molar-refractivity contribution in [3.8, 4) is 0 Å². The Hall–Kier alpha value is -2.63. The third-order valence-electron chi connectivity index (χ3n) is 12.6. The molecule has 0 bridgehead atoms. The first kappa shape index (κ1) is 63.4. The van der Waals surface area contributed by atoms with E-state index < -0.39 is 6.10 Å². The van der Waals surface area contributed by atoms with Gasteiger partial charge in [-0.1, -0.05) is 268 Å². The van der Waals surface area contributed by atoms with Crippen molar-refractivity contribution in [3.05, 3.63) is 48.6 Å². The average molecular weight is 926 g/mol. The summed E-state index contributed by atoms with van der Waals surface area (Å²) in [7, 11) is 0. The smallest absolute Gasteiger partial charge is 0.306 e. The molecule has 0 saturated carbocycles. The highest BCUT2D eigenvalue weighted by Crippen LogP contribution is 2.16. The first-order chi connectivity index (χ1) is 32.5. The highest BCUT2D eigenvalue weighted by atomic mass is 16.6. The third-order valence-corrected chi connectivity index (χ3v) is 12.6. The fraction of sp³-hybridized carbons (Fsp3) is 0.817. The maximum Gasteiger partial charge on any atom is 0.306 e. The van der Waals surface area contributed by atoms with E-state index in [0.29, 0.717) is 19.3 Å². The van der Waals surface area contributed by atoms with Gasteiger partial charge in [-0.05, 0) is 57.8 Å². The Morgan fingerprint density at radius 3 is 0.909 bits per heavy atom. The molecular weight excluding hydrogens is 817 g/mol. The van der Waals surface area contributed by atoms with Crippen molar-refractivity contribution in [1.29, 1.82) is 0 Å². The van der Waals surface area contributed by atoms with Crippen LogP contribution in [-0.4, -0.2) is 37.2 Å². The van der Waals surface area contributed by atoms with Gasteiger partial charge in [0.1, 0.15) is 13.2 Å². The molecule has 66 heavy (non-hydrogen) atoms. The number of rotatable bonds is 52. The fourth-order valence-electron chi connectivity index (χ4n) is 8.26. The third kappa shape index (κ3) is 52.3. The van der Waals surface area contributed by atoms with Crippen molar-refractivity contribution in [2.75, 3.05) is 13.2 Å². The fourth-order valence-corrected chi connectivity index (χ4v) is 8.26. The molecule has 0 N–H and O–H groups in total. The van der Waals surface area contributed by atoms with Crippen molar-refractivity contribution >= 4 is 17.9 Å². The topological polar surface area (TPSA) is 78.9 Å². The quantitative estimate of drug-likeness (QED) is 0.0262. The zero-order valence-corrected chi connectivity index (χ0v) is 44.0. The van der Waals surface area contributed by atoms with Crippen LogP contribution in [0.1, 0.15) is 297 Å². The lowest BCUT2D eigenvalue weighted by atomic mass is 10.0. The molecule has 0 aromatic carbocycles. The van der Waals surface area contributed by atoms with Crippen LogP contribution in [0.3, 0.4) is 0 Å². The summed E-state index contributed by atoms with van der Waals surface area (Å²) in [5.41, 5.74) is 0. The molecule has 0 aliphatic carbocycles. The summed E-state index contributed by atoms with van der Waals surface area (Å²) in [6.45, 7) is 6.60. The molecule has 0 aliphatic rings. The van der Waals surface area contributed by atoms with Gasteiger partial charge in [-0.2, -0.15) is 0 Å². The lowest BCUT2D eigenvalue weighted by Crippen LogP contribution is -2.30. The molecule has 0 fully saturated rings. The molecule has 0 spiro atoms. The van der Waals surface area contributed by atoms with Gasteiger partial charge < -0.3 is 14.2 Å². The molecule has 6 heteroatoms. The number of carbonyl (C=O) groups excluding carboxylic acids is 3. The Morgan fingerprint density at radius 2 is 0.561 bits per heavy atom. The second kappa shape index (κ2) is 55.0. The average Bonchev–Trinajstić information content (AvgIpc) is 3.31. The van der Waals surface area contributed by atoms with E-state index in [1.807, 2.05) is 0 Å². The van der Waals surface area contributed by atoms with Crippen LogP contribution in [0.4, 0.5) is 0 Å². The van der Waals surface area contributed by atoms with Crippen LogP contribution < -0.4 is 0 Å². The van der Waals surface area contributed by atoms with Crippen molar-refractivity contribution < 1.29 is 28.6 Å². The van der Waals surface area contributed by atoms with E-state index in [2.05, 4.69) is 69.4 Å². The lowest BCUT2D eigenvalue weighted by Gasteiger charge is -2.18. The zero-order chi connectivity index (χ0) is 47.9. The summed E-state index contributed by atoms with van der Waals surface area (Å²) >= 11 is 0. The van der Waals surface area contributed by atoms with Gasteiger partial charge in [0.15, 0.2) is 6.10 Å². The summed E-state index contributed by atoms with van der Waals surface area (Å²) in [5, 5.41) is 0. The van der Waals surface area contributed by atoms with Gasteiger partial charge >= 0.3 is 17.9 Å². The van der Waals surface area contributed by atoms with Crippen LogP contribution in [0.5, 0.6) is 0 Å². The van der Waals surface area contributed by atoms with Gasteiger partial charge in [0.25, 0.3) is 0 Å². The van der Waals surface area contributed by atoms with Crippen LogP contribution >= 0.6 is 0 Å². The van der Waals surface area contributed by atoms with Crippen molar-refractivity contribution in [3.63, 3.8) is 0 Å². The largest absolute Gasteiger partial charge is 0.462 e. The van der Waals surface area contributed by atoms with E-state index in [4.69, 9.17) is 14.2 Å². The van der Waals surface area contributed by atoms with Crippen LogP contribution in [0, 0.1) is 0 Å². The first-order valence-corrected chi connectivity index (χ1v) is 28.6. The Bertz CT molecular complexity index is 1150. The van der Waals surface area contributed by atoms with E-state index >= 15 is 0 Å². The number of esters is 3. The number of hydrogen-bond donors (Lipinski definition) is 0. The first-order valence-electron chi connectivity index (χ1n) is 28.6. The van der Waals surface area contributed by atoms with Crippen molar-refractivity contribution in [2.45, 2.75) is 303 Å². The highest BCUT2D eigenvalue weighted by molar-refractivity contribution is 5.71. The normalized spacial score (nSPS) is 12.3. The summed E-state index contributed by atoms with van der Waals surface area (Å²) in [4.78, 5) is 38.1. The SMILES string of the molecule is CCCCC/C=C/C/C=C/C/C=C/C/C=C/CCCC(=O)OC[C@@H](COC(=O)CCCCCCCCCCCCCCCC)OC(=O)CCCCCCCCCCCCCCCCCCC. The van der Waals surface area contributed by atoms with Crippen LogP contribution in [0.2, 0.25) is 0 Å². The molecule has 384 valence electrons. The second-order valence-electron chi connectivity index (χ2n) is 19.2. The molecule has 6 nitrogen and oxygen atoms in total. The van der Waals surface area contributed by atoms with Gasteiger partial charge in [0.05, 0.1) is 0 Å². The summed E-state index contributed by atoms with van der Waals surface area (Å²) in [6, 6.07) is 0. The van der Waals surface area contributed by atoms with Gasteiger partial charge in [-0.15, -0.1) is 0 Å². The Balaban J connectivity index is 4.42. The standard InChI is InChI=1S/C60H108O6/c1-4-7-10-13-16-19-22-25-28-30-32-35-38-41-44-47-50-53-59(62)65-56-57(55-64-58(61)52-49-46-43-40-37-34-27-24-21-18-15-12-9-6-3)66-60(63)54-51-48-45-42-39-36-33-31-29-26-23-20-17-14-11-8-5-2/h16,19,25,28,32,35,41,44,57H,4-15,17-18,20-24,26-27,29-31,33-34,36-40,42-43,45-56H2,1-3H3/b19-16+,28-25+,35-32+,44-41+/t57-/m1/s1. The molecule has 0 unspecified atom stereocenters. The summed E-state index contributed by atoms with van der Waals surface area (Å²) in [5.74, 6) is -0.928.